The molecule has 1 heterocycles. The number of carboxylic acid groups (broad SMARTS) is 1. The third kappa shape index (κ3) is 3.62. The van der Waals surface area contributed by atoms with Crippen molar-refractivity contribution in [3.05, 3.63) is 64.7 Å². The van der Waals surface area contributed by atoms with Crippen molar-refractivity contribution in [3.63, 3.8) is 0 Å². The molecule has 1 aromatic heterocycles. The lowest BCUT2D eigenvalue weighted by Crippen LogP contribution is -2.24. The van der Waals surface area contributed by atoms with E-state index in [1.807, 2.05) is 0 Å². The van der Waals surface area contributed by atoms with Crippen LogP contribution in [0.1, 0.15) is 32.0 Å². The molecule has 0 fully saturated rings. The molecule has 1 amide bonds. The van der Waals surface area contributed by atoms with Crippen molar-refractivity contribution in [2.45, 2.75) is 13.5 Å². The molecule has 0 bridgehead atoms. The molecule has 108 valence electrons. The average Bonchev–Trinajstić information content (AvgIpc) is 2.45. The molecule has 0 aliphatic carbocycles. The smallest absolute Gasteiger partial charge is 0.354 e. The van der Waals surface area contributed by atoms with Gasteiger partial charge in [-0.1, -0.05) is 12.1 Å². The van der Waals surface area contributed by atoms with Crippen LogP contribution in [0.15, 0.2) is 36.5 Å². The van der Waals surface area contributed by atoms with Gasteiger partial charge < -0.3 is 10.4 Å². The standard InChI is InChI=1S/C15H13FN2O3/c1-9-2-4-11(12(16)6-9)14(19)18-8-10-3-5-13(15(20)21)17-7-10/h2-7H,8H2,1H3,(H,18,19)(H,20,21). The molecule has 0 saturated carbocycles. The van der Waals surface area contributed by atoms with Gasteiger partial charge in [0.05, 0.1) is 5.56 Å². The molecule has 0 aliphatic heterocycles. The first-order chi connectivity index (χ1) is 9.97. The van der Waals surface area contributed by atoms with Crippen molar-refractivity contribution < 1.29 is 19.1 Å². The predicted molar refractivity (Wildman–Crippen MR) is 73.5 cm³/mol. The fraction of sp³-hybridized carbons (Fsp3) is 0.133. The second-order valence-corrected chi connectivity index (χ2v) is 4.52. The van der Waals surface area contributed by atoms with Gasteiger partial charge in [-0.2, -0.15) is 0 Å². The van der Waals surface area contributed by atoms with Gasteiger partial charge in [0.2, 0.25) is 0 Å². The maximum atomic E-state index is 13.6. The van der Waals surface area contributed by atoms with E-state index in [0.717, 1.165) is 5.56 Å². The Labute approximate surface area is 120 Å². The number of nitrogens with zero attached hydrogens (tertiary/aromatic N) is 1. The highest BCUT2D eigenvalue weighted by Crippen LogP contribution is 2.10. The predicted octanol–water partition coefficient (Wildman–Crippen LogP) is 2.16. The van der Waals surface area contributed by atoms with Crippen LogP contribution in [-0.2, 0) is 6.54 Å². The zero-order chi connectivity index (χ0) is 15.4. The van der Waals surface area contributed by atoms with E-state index in [0.29, 0.717) is 5.56 Å². The van der Waals surface area contributed by atoms with Crippen LogP contribution in [-0.4, -0.2) is 22.0 Å². The van der Waals surface area contributed by atoms with E-state index < -0.39 is 17.7 Å². The quantitative estimate of drug-likeness (QED) is 0.903. The summed E-state index contributed by atoms with van der Waals surface area (Å²) in [7, 11) is 0. The van der Waals surface area contributed by atoms with Crippen LogP contribution in [0.25, 0.3) is 0 Å². The summed E-state index contributed by atoms with van der Waals surface area (Å²) >= 11 is 0. The van der Waals surface area contributed by atoms with Gasteiger partial charge in [-0.3, -0.25) is 4.79 Å². The normalized spacial score (nSPS) is 10.2. The first-order valence-corrected chi connectivity index (χ1v) is 6.20. The van der Waals surface area contributed by atoms with Gasteiger partial charge in [-0.05, 0) is 36.2 Å². The summed E-state index contributed by atoms with van der Waals surface area (Å²) in [4.78, 5) is 26.2. The second-order valence-electron chi connectivity index (χ2n) is 4.52. The lowest BCUT2D eigenvalue weighted by atomic mass is 10.1. The molecule has 2 N–H and O–H groups in total. The Morgan fingerprint density at radius 3 is 2.62 bits per heavy atom. The molecule has 0 radical (unpaired) electrons. The summed E-state index contributed by atoms with van der Waals surface area (Å²) in [5.41, 5.74) is 1.25. The van der Waals surface area contributed by atoms with E-state index in [1.165, 1.54) is 24.4 Å². The van der Waals surface area contributed by atoms with Crippen LogP contribution in [0.3, 0.4) is 0 Å². The monoisotopic (exact) mass is 288 g/mol. The zero-order valence-electron chi connectivity index (χ0n) is 11.3. The number of aromatic nitrogens is 1. The Balaban J connectivity index is 2.02. The minimum atomic E-state index is -1.12. The molecule has 6 heteroatoms. The Morgan fingerprint density at radius 2 is 2.05 bits per heavy atom. The summed E-state index contributed by atoms with van der Waals surface area (Å²) in [5.74, 6) is -2.23. The largest absolute Gasteiger partial charge is 0.477 e. The maximum absolute atomic E-state index is 13.6. The van der Waals surface area contributed by atoms with Gasteiger partial charge in [-0.15, -0.1) is 0 Å². The van der Waals surface area contributed by atoms with Gasteiger partial charge in [0.25, 0.3) is 5.91 Å². The summed E-state index contributed by atoms with van der Waals surface area (Å²) in [5, 5.41) is 11.3. The summed E-state index contributed by atoms with van der Waals surface area (Å²) in [6.45, 7) is 1.87. The Morgan fingerprint density at radius 1 is 1.29 bits per heavy atom. The molecular weight excluding hydrogens is 275 g/mol. The molecule has 0 aliphatic rings. The molecule has 2 rings (SSSR count). The number of carboxylic acids is 1. The van der Waals surface area contributed by atoms with Crippen molar-refractivity contribution in [1.29, 1.82) is 0 Å². The van der Waals surface area contributed by atoms with E-state index in [4.69, 9.17) is 5.11 Å². The number of carbonyl (C=O) groups is 2. The van der Waals surface area contributed by atoms with Crippen molar-refractivity contribution in [3.8, 4) is 0 Å². The summed E-state index contributed by atoms with van der Waals surface area (Å²) < 4.78 is 13.6. The molecule has 5 nitrogen and oxygen atoms in total. The highest BCUT2D eigenvalue weighted by atomic mass is 19.1. The van der Waals surface area contributed by atoms with Crippen LogP contribution in [0.5, 0.6) is 0 Å². The van der Waals surface area contributed by atoms with Crippen LogP contribution in [0.4, 0.5) is 4.39 Å². The molecular formula is C15H13FN2O3. The van der Waals surface area contributed by atoms with Crippen molar-refractivity contribution >= 4 is 11.9 Å². The van der Waals surface area contributed by atoms with Crippen molar-refractivity contribution in [1.82, 2.24) is 10.3 Å². The van der Waals surface area contributed by atoms with Gasteiger partial charge in [0.1, 0.15) is 11.5 Å². The summed E-state index contributed by atoms with van der Waals surface area (Å²) in [6, 6.07) is 7.25. The van der Waals surface area contributed by atoms with E-state index in [1.54, 1.807) is 19.1 Å². The number of halogens is 1. The zero-order valence-corrected chi connectivity index (χ0v) is 11.3. The van der Waals surface area contributed by atoms with Gasteiger partial charge >= 0.3 is 5.97 Å². The van der Waals surface area contributed by atoms with E-state index >= 15 is 0 Å². The van der Waals surface area contributed by atoms with Crippen molar-refractivity contribution in [2.75, 3.05) is 0 Å². The number of hydrogen-bond donors (Lipinski definition) is 2. The third-order valence-electron chi connectivity index (χ3n) is 2.87. The number of aromatic carboxylic acids is 1. The molecule has 2 aromatic rings. The van der Waals surface area contributed by atoms with E-state index in [9.17, 15) is 14.0 Å². The third-order valence-corrected chi connectivity index (χ3v) is 2.87. The van der Waals surface area contributed by atoms with E-state index in [2.05, 4.69) is 10.3 Å². The van der Waals surface area contributed by atoms with Crippen LogP contribution >= 0.6 is 0 Å². The van der Waals surface area contributed by atoms with Crippen molar-refractivity contribution in [2.24, 2.45) is 0 Å². The lowest BCUT2D eigenvalue weighted by Gasteiger charge is -2.07. The molecule has 0 unspecified atom stereocenters. The number of carbonyl (C=O) groups excluding carboxylic acids is 1. The fourth-order valence-corrected chi connectivity index (χ4v) is 1.74. The first kappa shape index (κ1) is 14.6. The number of aryl methyl sites for hydroxylation is 1. The first-order valence-electron chi connectivity index (χ1n) is 6.20. The van der Waals surface area contributed by atoms with Crippen LogP contribution in [0, 0.1) is 12.7 Å². The average molecular weight is 288 g/mol. The minimum absolute atomic E-state index is 0.0317. The van der Waals surface area contributed by atoms with Crippen LogP contribution in [0.2, 0.25) is 0 Å². The molecule has 1 aromatic carbocycles. The van der Waals surface area contributed by atoms with Crippen LogP contribution < -0.4 is 5.32 Å². The maximum Gasteiger partial charge on any atom is 0.354 e. The Bertz CT molecular complexity index is 684. The van der Waals surface area contributed by atoms with Gasteiger partial charge in [0.15, 0.2) is 0 Å². The van der Waals surface area contributed by atoms with E-state index in [-0.39, 0.29) is 17.8 Å². The highest BCUT2D eigenvalue weighted by Gasteiger charge is 2.11. The Hall–Kier alpha value is -2.76. The molecule has 21 heavy (non-hydrogen) atoms. The SMILES string of the molecule is Cc1ccc(C(=O)NCc2ccc(C(=O)O)nc2)c(F)c1. The highest BCUT2D eigenvalue weighted by molar-refractivity contribution is 5.94. The van der Waals surface area contributed by atoms with Gasteiger partial charge in [-0.25, -0.2) is 14.2 Å². The lowest BCUT2D eigenvalue weighted by molar-refractivity contribution is 0.0690. The topological polar surface area (TPSA) is 79.3 Å². The number of benzene rings is 1. The summed E-state index contributed by atoms with van der Waals surface area (Å²) in [6.07, 6.45) is 1.36. The number of pyridine rings is 1. The second kappa shape index (κ2) is 6.13. The molecule has 0 spiro atoms. The molecule has 0 atom stereocenters. The van der Waals surface area contributed by atoms with Gasteiger partial charge in [0, 0.05) is 12.7 Å². The number of nitrogens with one attached hydrogen (secondary N) is 1. The number of rotatable bonds is 4. The number of hydrogen-bond acceptors (Lipinski definition) is 3. The number of amides is 1. The molecule has 0 saturated heterocycles. The fourth-order valence-electron chi connectivity index (χ4n) is 1.74. The minimum Gasteiger partial charge on any atom is -0.477 e. The Kier molecular flexibility index (Phi) is 4.27.